The number of ketones is 2. The van der Waals surface area contributed by atoms with E-state index in [9.17, 15) is 19.5 Å². The van der Waals surface area contributed by atoms with Crippen LogP contribution in [0, 0.1) is 28.6 Å². The molecule has 34 heavy (non-hydrogen) atoms. The van der Waals surface area contributed by atoms with Crippen LogP contribution in [0.1, 0.15) is 78.6 Å². The molecule has 0 saturated heterocycles. The Morgan fingerprint density at radius 1 is 1.21 bits per heavy atom. The van der Waals surface area contributed by atoms with Gasteiger partial charge in [-0.2, -0.15) is 0 Å². The van der Waals surface area contributed by atoms with Crippen LogP contribution in [0.2, 0.25) is 0 Å². The quantitative estimate of drug-likeness (QED) is 0.395. The average molecular weight is 493 g/mol. The van der Waals surface area contributed by atoms with E-state index in [1.165, 1.54) is 17.3 Å². The van der Waals surface area contributed by atoms with Gasteiger partial charge in [0.2, 0.25) is 5.78 Å². The molecule has 0 radical (unpaired) electrons. The molecule has 4 aliphatic rings. The van der Waals surface area contributed by atoms with Crippen molar-refractivity contribution < 1.29 is 29.0 Å². The third kappa shape index (κ3) is 4.00. The van der Waals surface area contributed by atoms with Crippen molar-refractivity contribution in [2.75, 3.05) is 18.8 Å². The van der Waals surface area contributed by atoms with E-state index in [1.807, 2.05) is 19.3 Å². The molecule has 0 unspecified atom stereocenters. The molecule has 3 fully saturated rings. The van der Waals surface area contributed by atoms with E-state index >= 15 is 0 Å². The van der Waals surface area contributed by atoms with Crippen molar-refractivity contribution in [1.29, 1.82) is 0 Å². The lowest BCUT2D eigenvalue weighted by Crippen LogP contribution is -2.63. The molecular weight excluding hydrogens is 452 g/mol. The van der Waals surface area contributed by atoms with Crippen molar-refractivity contribution >= 4 is 29.3 Å². The highest BCUT2D eigenvalue weighted by atomic mass is 32.2. The number of hydrogen-bond donors (Lipinski definition) is 1. The number of aliphatic hydroxyl groups excluding tert-OH is 1. The van der Waals surface area contributed by atoms with Crippen LogP contribution in [-0.4, -0.2) is 53.1 Å². The molecule has 7 heteroatoms. The second kappa shape index (κ2) is 9.70. The molecule has 6 nitrogen and oxygen atoms in total. The fourth-order valence-electron chi connectivity index (χ4n) is 8.15. The van der Waals surface area contributed by atoms with Gasteiger partial charge in [0, 0.05) is 18.3 Å². The first kappa shape index (κ1) is 25.9. The summed E-state index contributed by atoms with van der Waals surface area (Å²) in [6, 6.07) is 0. The number of rotatable bonds is 8. The number of thioether (sulfide) groups is 1. The standard InChI is InChI=1S/C27H40O6S/c1-5-6-23(31)32-15-22(30)27(33-16-34-4)12-10-20-19-8-7-17-13-18(28)9-11-25(17,2)24(19)21(29)14-26(20,27)3/h13,19-21,24,29H,5-12,14-16H2,1-4H3/t19-,20-,21-,24+,25-,26-,27-/m0/s1. The number of ether oxygens (including phenoxy) is 2. The van der Waals surface area contributed by atoms with Crippen LogP contribution in [0.25, 0.3) is 0 Å². The van der Waals surface area contributed by atoms with Gasteiger partial charge in [0.25, 0.3) is 0 Å². The molecule has 0 bridgehead atoms. The summed E-state index contributed by atoms with van der Waals surface area (Å²) in [5.41, 5.74) is -0.546. The maximum absolute atomic E-state index is 13.7. The van der Waals surface area contributed by atoms with Gasteiger partial charge in [-0.1, -0.05) is 26.3 Å². The molecule has 0 aromatic heterocycles. The van der Waals surface area contributed by atoms with E-state index in [0.717, 1.165) is 25.7 Å². The van der Waals surface area contributed by atoms with Gasteiger partial charge in [0.05, 0.1) is 12.0 Å². The molecular formula is C27H40O6S. The lowest BCUT2D eigenvalue weighted by Gasteiger charge is -2.61. The molecule has 4 rings (SSSR count). The van der Waals surface area contributed by atoms with Gasteiger partial charge in [-0.3, -0.25) is 14.4 Å². The number of esters is 1. The lowest BCUT2D eigenvalue weighted by molar-refractivity contribution is -0.193. The van der Waals surface area contributed by atoms with E-state index in [-0.39, 0.29) is 47.3 Å². The summed E-state index contributed by atoms with van der Waals surface area (Å²) in [6.45, 7) is 5.99. The van der Waals surface area contributed by atoms with Gasteiger partial charge >= 0.3 is 5.97 Å². The van der Waals surface area contributed by atoms with Gasteiger partial charge in [0.15, 0.2) is 12.4 Å². The lowest BCUT2D eigenvalue weighted by atomic mass is 9.45. The van der Waals surface area contributed by atoms with Crippen molar-refractivity contribution in [3.05, 3.63) is 11.6 Å². The van der Waals surface area contributed by atoms with Crippen LogP contribution in [0.15, 0.2) is 11.6 Å². The molecule has 0 heterocycles. The molecule has 1 N–H and O–H groups in total. The molecule has 0 amide bonds. The molecule has 0 spiro atoms. The van der Waals surface area contributed by atoms with E-state index < -0.39 is 17.1 Å². The first-order chi connectivity index (χ1) is 16.1. The molecule has 190 valence electrons. The minimum Gasteiger partial charge on any atom is -0.458 e. The largest absolute Gasteiger partial charge is 0.458 e. The zero-order chi connectivity index (χ0) is 24.7. The van der Waals surface area contributed by atoms with Gasteiger partial charge in [-0.25, -0.2) is 0 Å². The van der Waals surface area contributed by atoms with Gasteiger partial charge < -0.3 is 14.6 Å². The molecule has 0 aromatic carbocycles. The molecule has 0 aromatic rings. The maximum Gasteiger partial charge on any atom is 0.306 e. The number of hydrogen-bond acceptors (Lipinski definition) is 7. The summed E-state index contributed by atoms with van der Waals surface area (Å²) < 4.78 is 11.7. The number of allylic oxidation sites excluding steroid dienone is 1. The predicted molar refractivity (Wildman–Crippen MR) is 131 cm³/mol. The first-order valence-electron chi connectivity index (χ1n) is 12.9. The summed E-state index contributed by atoms with van der Waals surface area (Å²) >= 11 is 1.53. The number of fused-ring (bicyclic) bond motifs is 5. The second-order valence-corrected chi connectivity index (χ2v) is 12.1. The van der Waals surface area contributed by atoms with Crippen LogP contribution in [-0.2, 0) is 23.9 Å². The normalized spacial score (nSPS) is 41.2. The third-order valence-electron chi connectivity index (χ3n) is 9.71. The first-order valence-corrected chi connectivity index (χ1v) is 14.3. The SMILES string of the molecule is CCCC(=O)OCC(=O)[C@@]1(OCSC)CC[C@H]2[C@@H]3CCC4=CC(=O)CC[C@]4(C)[C@H]3[C@@H](O)C[C@@]21C. The van der Waals surface area contributed by atoms with Crippen LogP contribution < -0.4 is 0 Å². The van der Waals surface area contributed by atoms with Gasteiger partial charge in [-0.05, 0) is 80.4 Å². The highest BCUT2D eigenvalue weighted by molar-refractivity contribution is 7.98. The molecule has 3 saturated carbocycles. The Kier molecular flexibility index (Phi) is 7.39. The summed E-state index contributed by atoms with van der Waals surface area (Å²) in [7, 11) is 0. The van der Waals surface area contributed by atoms with Gasteiger partial charge in [0.1, 0.15) is 5.60 Å². The van der Waals surface area contributed by atoms with Gasteiger partial charge in [-0.15, -0.1) is 11.8 Å². The average Bonchev–Trinajstić information content (AvgIpc) is 3.09. The van der Waals surface area contributed by atoms with Crippen molar-refractivity contribution in [3.8, 4) is 0 Å². The Morgan fingerprint density at radius 2 is 1.97 bits per heavy atom. The summed E-state index contributed by atoms with van der Waals surface area (Å²) in [6.07, 6.45) is 9.27. The van der Waals surface area contributed by atoms with Crippen LogP contribution in [0.4, 0.5) is 0 Å². The number of Topliss-reactive ketones (excluding diaryl/α,β-unsaturated/α-hetero) is 1. The van der Waals surface area contributed by atoms with Crippen molar-refractivity contribution in [3.63, 3.8) is 0 Å². The Bertz CT molecular complexity index is 869. The third-order valence-corrected chi connectivity index (χ3v) is 10.1. The molecule has 4 aliphatic carbocycles. The smallest absolute Gasteiger partial charge is 0.306 e. The van der Waals surface area contributed by atoms with E-state index in [2.05, 4.69) is 13.8 Å². The maximum atomic E-state index is 13.7. The molecule has 0 aliphatic heterocycles. The summed E-state index contributed by atoms with van der Waals surface area (Å²) in [4.78, 5) is 37.8. The summed E-state index contributed by atoms with van der Waals surface area (Å²) in [5.74, 6) is 0.669. The Labute approximate surface area is 207 Å². The zero-order valence-corrected chi connectivity index (χ0v) is 21.9. The van der Waals surface area contributed by atoms with Crippen molar-refractivity contribution in [2.45, 2.75) is 90.3 Å². The Morgan fingerprint density at radius 3 is 2.68 bits per heavy atom. The summed E-state index contributed by atoms with van der Waals surface area (Å²) in [5, 5.41) is 11.6. The second-order valence-electron chi connectivity index (χ2n) is 11.3. The highest BCUT2D eigenvalue weighted by Crippen LogP contribution is 2.68. The fraction of sp³-hybridized carbons (Fsp3) is 0.815. The number of carbonyl (C=O) groups excluding carboxylic acids is 3. The fourth-order valence-corrected chi connectivity index (χ4v) is 8.47. The zero-order valence-electron chi connectivity index (χ0n) is 21.1. The predicted octanol–water partition coefficient (Wildman–Crippen LogP) is 4.48. The minimum atomic E-state index is -1.06. The van der Waals surface area contributed by atoms with E-state index in [0.29, 0.717) is 38.0 Å². The monoisotopic (exact) mass is 492 g/mol. The highest BCUT2D eigenvalue weighted by Gasteiger charge is 2.69. The van der Waals surface area contributed by atoms with E-state index in [4.69, 9.17) is 9.47 Å². The van der Waals surface area contributed by atoms with Crippen LogP contribution in [0.3, 0.4) is 0 Å². The topological polar surface area (TPSA) is 89.9 Å². The van der Waals surface area contributed by atoms with Crippen molar-refractivity contribution in [2.24, 2.45) is 28.6 Å². The Hall–Kier alpha value is -1.18. The molecule has 7 atom stereocenters. The minimum absolute atomic E-state index is 0.0903. The van der Waals surface area contributed by atoms with Crippen LogP contribution >= 0.6 is 11.8 Å². The Balaban J connectivity index is 1.65. The number of carbonyl (C=O) groups is 3. The van der Waals surface area contributed by atoms with Crippen LogP contribution in [0.5, 0.6) is 0 Å². The number of aliphatic hydroxyl groups is 1. The van der Waals surface area contributed by atoms with Crippen molar-refractivity contribution in [1.82, 2.24) is 0 Å². The van der Waals surface area contributed by atoms with E-state index in [1.54, 1.807) is 0 Å².